The highest BCUT2D eigenvalue weighted by molar-refractivity contribution is 5.95. The molecule has 2 N–H and O–H groups in total. The van der Waals surface area contributed by atoms with Crippen LogP contribution in [0.5, 0.6) is 0 Å². The van der Waals surface area contributed by atoms with Crippen LogP contribution in [0.1, 0.15) is 55.1 Å². The standard InChI is InChI=1S/C15H21NO4/c1-2-12-11(6-9-20-12)13(17)16-10-15(14(18)19)7-4-3-5-8-15/h6,9H,2-5,7-8,10H2,1H3,(H,16,17)(H,18,19). The zero-order chi connectivity index (χ0) is 14.6. The lowest BCUT2D eigenvalue weighted by Gasteiger charge is -2.33. The Morgan fingerprint density at radius 1 is 1.35 bits per heavy atom. The van der Waals surface area contributed by atoms with Crippen molar-refractivity contribution < 1.29 is 19.1 Å². The number of amides is 1. The van der Waals surface area contributed by atoms with Crippen molar-refractivity contribution in [3.8, 4) is 0 Å². The number of furan rings is 1. The Kier molecular flexibility index (Phi) is 4.47. The van der Waals surface area contributed by atoms with Crippen LogP contribution in [0, 0.1) is 5.41 Å². The molecule has 0 spiro atoms. The van der Waals surface area contributed by atoms with Gasteiger partial charge in [-0.05, 0) is 18.9 Å². The van der Waals surface area contributed by atoms with E-state index in [1.54, 1.807) is 6.07 Å². The fraction of sp³-hybridized carbons (Fsp3) is 0.600. The van der Waals surface area contributed by atoms with Crippen LogP contribution >= 0.6 is 0 Å². The third-order valence-electron chi connectivity index (χ3n) is 4.16. The quantitative estimate of drug-likeness (QED) is 0.868. The maximum Gasteiger partial charge on any atom is 0.311 e. The number of carboxylic acids is 1. The summed E-state index contributed by atoms with van der Waals surface area (Å²) in [6, 6.07) is 1.63. The maximum atomic E-state index is 12.1. The average Bonchev–Trinajstić information content (AvgIpc) is 2.94. The predicted octanol–water partition coefficient (Wildman–Crippen LogP) is 2.61. The van der Waals surface area contributed by atoms with Crippen molar-refractivity contribution in [2.24, 2.45) is 5.41 Å². The number of rotatable bonds is 5. The van der Waals surface area contributed by atoms with Crippen LogP contribution in [0.3, 0.4) is 0 Å². The van der Waals surface area contributed by atoms with E-state index in [4.69, 9.17) is 4.42 Å². The van der Waals surface area contributed by atoms with E-state index in [9.17, 15) is 14.7 Å². The minimum Gasteiger partial charge on any atom is -0.481 e. The topological polar surface area (TPSA) is 79.5 Å². The van der Waals surface area contributed by atoms with Gasteiger partial charge in [-0.25, -0.2) is 0 Å². The minimum atomic E-state index is -0.805. The Hall–Kier alpha value is -1.78. The number of hydrogen-bond acceptors (Lipinski definition) is 3. The number of hydrogen-bond donors (Lipinski definition) is 2. The predicted molar refractivity (Wildman–Crippen MR) is 73.6 cm³/mol. The van der Waals surface area contributed by atoms with Crippen molar-refractivity contribution in [3.05, 3.63) is 23.7 Å². The molecule has 0 unspecified atom stereocenters. The molecule has 1 aliphatic carbocycles. The largest absolute Gasteiger partial charge is 0.481 e. The van der Waals surface area contributed by atoms with Gasteiger partial charge in [-0.1, -0.05) is 26.2 Å². The molecule has 1 saturated carbocycles. The van der Waals surface area contributed by atoms with Gasteiger partial charge in [-0.3, -0.25) is 9.59 Å². The summed E-state index contributed by atoms with van der Waals surface area (Å²) in [5.41, 5.74) is -0.298. The summed E-state index contributed by atoms with van der Waals surface area (Å²) >= 11 is 0. The number of carbonyl (C=O) groups excluding carboxylic acids is 1. The summed E-state index contributed by atoms with van der Waals surface area (Å²) < 4.78 is 5.22. The second-order valence-corrected chi connectivity index (χ2v) is 5.44. The molecule has 2 rings (SSSR count). The van der Waals surface area contributed by atoms with Crippen molar-refractivity contribution >= 4 is 11.9 Å². The Labute approximate surface area is 118 Å². The van der Waals surface area contributed by atoms with Crippen molar-refractivity contribution in [1.29, 1.82) is 0 Å². The van der Waals surface area contributed by atoms with Crippen LogP contribution in [0.15, 0.2) is 16.7 Å². The van der Waals surface area contributed by atoms with E-state index < -0.39 is 11.4 Å². The minimum absolute atomic E-state index is 0.190. The molecule has 0 saturated heterocycles. The molecule has 1 aliphatic rings. The normalized spacial score (nSPS) is 17.6. The molecule has 5 nitrogen and oxygen atoms in total. The molecule has 0 atom stereocenters. The molecule has 1 aromatic rings. The van der Waals surface area contributed by atoms with Gasteiger partial charge < -0.3 is 14.8 Å². The van der Waals surface area contributed by atoms with Gasteiger partial charge in [0, 0.05) is 13.0 Å². The van der Waals surface area contributed by atoms with E-state index in [2.05, 4.69) is 5.32 Å². The van der Waals surface area contributed by atoms with Crippen LogP contribution in [-0.2, 0) is 11.2 Å². The summed E-state index contributed by atoms with van der Waals surface area (Å²) in [6.07, 6.45) is 6.29. The van der Waals surface area contributed by atoms with Crippen LogP contribution in [0.2, 0.25) is 0 Å². The Balaban J connectivity index is 2.03. The Morgan fingerprint density at radius 2 is 2.05 bits per heavy atom. The molecule has 1 heterocycles. The van der Waals surface area contributed by atoms with Gasteiger partial charge in [-0.15, -0.1) is 0 Å². The molecule has 1 aromatic heterocycles. The van der Waals surface area contributed by atoms with Gasteiger partial charge in [0.2, 0.25) is 0 Å². The van der Waals surface area contributed by atoms with Crippen LogP contribution in [0.4, 0.5) is 0 Å². The first-order valence-corrected chi connectivity index (χ1v) is 7.17. The van der Waals surface area contributed by atoms with Gasteiger partial charge in [0.25, 0.3) is 5.91 Å². The molecule has 0 radical (unpaired) electrons. The molecular weight excluding hydrogens is 258 g/mol. The molecule has 1 fully saturated rings. The van der Waals surface area contributed by atoms with Crippen molar-refractivity contribution in [2.45, 2.75) is 45.4 Å². The third-order valence-corrected chi connectivity index (χ3v) is 4.16. The lowest BCUT2D eigenvalue weighted by molar-refractivity contribution is -0.150. The molecule has 1 amide bonds. The van der Waals surface area contributed by atoms with E-state index in [1.165, 1.54) is 6.26 Å². The number of carboxylic acid groups (broad SMARTS) is 1. The number of carbonyl (C=O) groups is 2. The van der Waals surface area contributed by atoms with Gasteiger partial charge in [0.15, 0.2) is 0 Å². The van der Waals surface area contributed by atoms with Gasteiger partial charge in [-0.2, -0.15) is 0 Å². The van der Waals surface area contributed by atoms with Gasteiger partial charge in [0.05, 0.1) is 17.2 Å². The van der Waals surface area contributed by atoms with Crippen molar-refractivity contribution in [2.75, 3.05) is 6.54 Å². The Bertz CT molecular complexity index is 486. The second kappa shape index (κ2) is 6.11. The summed E-state index contributed by atoms with van der Waals surface area (Å²) in [6.45, 7) is 2.10. The Morgan fingerprint density at radius 3 is 2.65 bits per heavy atom. The highest BCUT2D eigenvalue weighted by Gasteiger charge is 2.39. The fourth-order valence-corrected chi connectivity index (χ4v) is 2.86. The van der Waals surface area contributed by atoms with Crippen molar-refractivity contribution in [1.82, 2.24) is 5.32 Å². The molecule has 0 aromatic carbocycles. The molecule has 110 valence electrons. The smallest absolute Gasteiger partial charge is 0.311 e. The fourth-order valence-electron chi connectivity index (χ4n) is 2.86. The van der Waals surface area contributed by atoms with E-state index >= 15 is 0 Å². The van der Waals surface area contributed by atoms with Gasteiger partial charge >= 0.3 is 5.97 Å². The monoisotopic (exact) mass is 279 g/mol. The number of aliphatic carboxylic acids is 1. The zero-order valence-corrected chi connectivity index (χ0v) is 11.8. The first-order valence-electron chi connectivity index (χ1n) is 7.17. The summed E-state index contributed by atoms with van der Waals surface area (Å²) in [7, 11) is 0. The summed E-state index contributed by atoms with van der Waals surface area (Å²) in [5, 5.41) is 12.2. The average molecular weight is 279 g/mol. The zero-order valence-electron chi connectivity index (χ0n) is 11.8. The summed E-state index contributed by atoms with van der Waals surface area (Å²) in [5.74, 6) is -0.419. The maximum absolute atomic E-state index is 12.1. The van der Waals surface area contributed by atoms with E-state index in [-0.39, 0.29) is 12.5 Å². The summed E-state index contributed by atoms with van der Waals surface area (Å²) in [4.78, 5) is 23.7. The molecule has 0 bridgehead atoms. The van der Waals surface area contributed by atoms with Crippen LogP contribution in [0.25, 0.3) is 0 Å². The lowest BCUT2D eigenvalue weighted by Crippen LogP contribution is -2.44. The van der Waals surface area contributed by atoms with E-state index in [1.807, 2.05) is 6.92 Å². The number of aryl methyl sites for hydroxylation is 1. The van der Waals surface area contributed by atoms with E-state index in [0.29, 0.717) is 30.6 Å². The highest BCUT2D eigenvalue weighted by atomic mass is 16.4. The van der Waals surface area contributed by atoms with Gasteiger partial charge in [0.1, 0.15) is 5.76 Å². The third kappa shape index (κ3) is 2.86. The SMILES string of the molecule is CCc1occc1C(=O)NCC1(C(=O)O)CCCCC1. The number of nitrogens with one attached hydrogen (secondary N) is 1. The lowest BCUT2D eigenvalue weighted by atomic mass is 9.74. The molecule has 20 heavy (non-hydrogen) atoms. The second-order valence-electron chi connectivity index (χ2n) is 5.44. The molecule has 5 heteroatoms. The van der Waals surface area contributed by atoms with Crippen LogP contribution in [-0.4, -0.2) is 23.5 Å². The van der Waals surface area contributed by atoms with Crippen molar-refractivity contribution in [3.63, 3.8) is 0 Å². The first-order chi connectivity index (χ1) is 9.59. The molecular formula is C15H21NO4. The first kappa shape index (κ1) is 14.6. The highest BCUT2D eigenvalue weighted by Crippen LogP contribution is 2.36. The molecule has 0 aliphatic heterocycles. The van der Waals surface area contributed by atoms with Crippen LogP contribution < -0.4 is 5.32 Å². The van der Waals surface area contributed by atoms with E-state index in [0.717, 1.165) is 19.3 Å².